The topological polar surface area (TPSA) is 114 Å². The van der Waals surface area contributed by atoms with Gasteiger partial charge in [-0.3, -0.25) is 4.68 Å². The number of nitrogens with two attached hydrogens (primary N) is 1. The lowest BCUT2D eigenvalue weighted by Gasteiger charge is -2.08. The minimum atomic E-state index is -3.97. The second kappa shape index (κ2) is 5.90. The average molecular weight is 309 g/mol. The number of benzene rings is 1. The van der Waals surface area contributed by atoms with Gasteiger partial charge in [-0.15, -0.1) is 0 Å². The van der Waals surface area contributed by atoms with Crippen molar-refractivity contribution in [2.45, 2.75) is 11.4 Å². The van der Waals surface area contributed by atoms with Crippen LogP contribution in [0.25, 0.3) is 0 Å². The molecule has 0 aliphatic carbocycles. The van der Waals surface area contributed by atoms with E-state index in [1.807, 2.05) is 0 Å². The highest BCUT2D eigenvalue weighted by Gasteiger charge is 2.20. The largest absolute Gasteiger partial charge is 0.396 e. The number of rotatable bonds is 5. The molecule has 0 saturated heterocycles. The van der Waals surface area contributed by atoms with Crippen LogP contribution in [0.4, 0.5) is 10.1 Å². The van der Waals surface area contributed by atoms with Gasteiger partial charge in [0.1, 0.15) is 22.3 Å². The van der Waals surface area contributed by atoms with Crippen LogP contribution in [0.5, 0.6) is 0 Å². The maximum Gasteiger partial charge on any atom is 0.242 e. The molecule has 0 unspecified atom stereocenters. The molecule has 0 radical (unpaired) electrons. The lowest BCUT2D eigenvalue weighted by Crippen LogP contribution is -2.28. The third-order valence-corrected chi connectivity index (χ3v) is 4.17. The highest BCUT2D eigenvalue weighted by molar-refractivity contribution is 7.89. The van der Waals surface area contributed by atoms with Crippen molar-refractivity contribution >= 4 is 15.7 Å². The van der Waals surface area contributed by atoms with E-state index in [4.69, 9.17) is 11.0 Å². The van der Waals surface area contributed by atoms with Gasteiger partial charge in [0.15, 0.2) is 0 Å². The standard InChI is InChI=1S/C12H12FN5O2S/c13-11-2-1-3-12(10(11)6-14)21(19,20)17-4-5-18-8-9(15)7-16-18/h1-3,7-8,17H,4-5,15H2. The highest BCUT2D eigenvalue weighted by atomic mass is 32.2. The monoisotopic (exact) mass is 309 g/mol. The lowest BCUT2D eigenvalue weighted by atomic mass is 10.2. The van der Waals surface area contributed by atoms with Crippen LogP contribution < -0.4 is 10.5 Å². The Morgan fingerprint density at radius 1 is 1.48 bits per heavy atom. The van der Waals surface area contributed by atoms with Crippen LogP contribution in [0.3, 0.4) is 0 Å². The molecule has 7 nitrogen and oxygen atoms in total. The summed E-state index contributed by atoms with van der Waals surface area (Å²) in [4.78, 5) is -0.384. The normalized spacial score (nSPS) is 11.2. The van der Waals surface area contributed by atoms with Gasteiger partial charge >= 0.3 is 0 Å². The zero-order valence-electron chi connectivity index (χ0n) is 10.8. The fraction of sp³-hybridized carbons (Fsp3) is 0.167. The van der Waals surface area contributed by atoms with Crippen LogP contribution in [0.15, 0.2) is 35.5 Å². The van der Waals surface area contributed by atoms with Crippen molar-refractivity contribution in [2.75, 3.05) is 12.3 Å². The molecule has 0 fully saturated rings. The van der Waals surface area contributed by atoms with E-state index in [0.717, 1.165) is 6.07 Å². The quantitative estimate of drug-likeness (QED) is 0.832. The molecule has 3 N–H and O–H groups in total. The predicted octanol–water partition coefficient (Wildman–Crippen LogP) is 0.455. The maximum atomic E-state index is 13.4. The first-order chi connectivity index (χ1) is 9.94. The minimum Gasteiger partial charge on any atom is -0.396 e. The highest BCUT2D eigenvalue weighted by Crippen LogP contribution is 2.17. The molecule has 0 aliphatic heterocycles. The first-order valence-corrected chi connectivity index (χ1v) is 7.38. The third-order valence-electron chi connectivity index (χ3n) is 2.66. The summed E-state index contributed by atoms with van der Waals surface area (Å²) in [6.07, 6.45) is 2.99. The summed E-state index contributed by atoms with van der Waals surface area (Å²) >= 11 is 0. The van der Waals surface area contributed by atoms with Crippen LogP contribution in [-0.4, -0.2) is 24.7 Å². The maximum absolute atomic E-state index is 13.4. The van der Waals surface area contributed by atoms with E-state index in [9.17, 15) is 12.8 Å². The number of hydrogen-bond acceptors (Lipinski definition) is 5. The SMILES string of the molecule is N#Cc1c(F)cccc1S(=O)(=O)NCCn1cc(N)cn1. The van der Waals surface area contributed by atoms with Crippen molar-refractivity contribution in [3.8, 4) is 6.07 Å². The van der Waals surface area contributed by atoms with Gasteiger partial charge in [-0.2, -0.15) is 10.4 Å². The van der Waals surface area contributed by atoms with Crippen molar-refractivity contribution in [3.63, 3.8) is 0 Å². The molecule has 21 heavy (non-hydrogen) atoms. The Balaban J connectivity index is 2.12. The van der Waals surface area contributed by atoms with Gasteiger partial charge in [-0.05, 0) is 12.1 Å². The van der Waals surface area contributed by atoms with E-state index >= 15 is 0 Å². The molecular formula is C12H12FN5O2S. The summed E-state index contributed by atoms with van der Waals surface area (Å²) in [6.45, 7) is 0.290. The lowest BCUT2D eigenvalue weighted by molar-refractivity contribution is 0.558. The number of sulfonamides is 1. The number of halogens is 1. The molecule has 1 aromatic heterocycles. The number of anilines is 1. The smallest absolute Gasteiger partial charge is 0.242 e. The van der Waals surface area contributed by atoms with Crippen LogP contribution in [0.2, 0.25) is 0 Å². The number of aromatic nitrogens is 2. The molecule has 0 atom stereocenters. The van der Waals surface area contributed by atoms with Crippen molar-refractivity contribution in [1.82, 2.24) is 14.5 Å². The van der Waals surface area contributed by atoms with Crippen molar-refractivity contribution in [1.29, 1.82) is 5.26 Å². The molecule has 0 saturated carbocycles. The minimum absolute atomic E-state index is 0.0326. The van der Waals surface area contributed by atoms with Gasteiger partial charge in [0, 0.05) is 12.7 Å². The molecule has 1 aromatic carbocycles. The number of nitrogens with zero attached hydrogens (tertiary/aromatic N) is 3. The summed E-state index contributed by atoms with van der Waals surface area (Å²) < 4.78 is 41.3. The molecule has 0 spiro atoms. The van der Waals surface area contributed by atoms with Crippen molar-refractivity contribution in [2.24, 2.45) is 0 Å². The Morgan fingerprint density at radius 3 is 2.86 bits per heavy atom. The fourth-order valence-corrected chi connectivity index (χ4v) is 2.90. The molecule has 110 valence electrons. The van der Waals surface area contributed by atoms with E-state index in [-0.39, 0.29) is 18.0 Å². The van der Waals surface area contributed by atoms with Crippen molar-refractivity contribution < 1.29 is 12.8 Å². The summed E-state index contributed by atoms with van der Waals surface area (Å²) in [6, 6.07) is 5.00. The first-order valence-electron chi connectivity index (χ1n) is 5.90. The Hall–Kier alpha value is -2.44. The molecule has 2 aromatic rings. The Morgan fingerprint density at radius 2 is 2.24 bits per heavy atom. The second-order valence-electron chi connectivity index (χ2n) is 4.16. The average Bonchev–Trinajstić information content (AvgIpc) is 2.84. The van der Waals surface area contributed by atoms with Gasteiger partial charge in [-0.25, -0.2) is 17.5 Å². The Kier molecular flexibility index (Phi) is 4.21. The second-order valence-corrected chi connectivity index (χ2v) is 5.89. The molecule has 1 heterocycles. The number of nitrogen functional groups attached to an aromatic ring is 1. The van der Waals surface area contributed by atoms with E-state index in [1.165, 1.54) is 23.0 Å². The molecule has 0 aliphatic rings. The molecular weight excluding hydrogens is 297 g/mol. The van der Waals surface area contributed by atoms with Crippen LogP contribution in [0, 0.1) is 17.1 Å². The van der Waals surface area contributed by atoms with Gasteiger partial charge in [0.05, 0.1) is 18.4 Å². The Labute approximate surface area is 120 Å². The summed E-state index contributed by atoms with van der Waals surface area (Å²) in [5.74, 6) is -0.875. The van der Waals surface area contributed by atoms with E-state index in [2.05, 4.69) is 9.82 Å². The molecule has 0 bridgehead atoms. The van der Waals surface area contributed by atoms with Gasteiger partial charge < -0.3 is 5.73 Å². The number of hydrogen-bond donors (Lipinski definition) is 2. The molecule has 2 rings (SSSR count). The van der Waals surface area contributed by atoms with E-state index in [0.29, 0.717) is 5.69 Å². The Bertz CT molecular complexity index is 794. The van der Waals surface area contributed by atoms with E-state index in [1.54, 1.807) is 12.3 Å². The fourth-order valence-electron chi connectivity index (χ4n) is 1.71. The summed E-state index contributed by atoms with van der Waals surface area (Å²) in [7, 11) is -3.97. The summed E-state index contributed by atoms with van der Waals surface area (Å²) in [5.41, 5.74) is 5.44. The van der Waals surface area contributed by atoms with Gasteiger partial charge in [-0.1, -0.05) is 6.07 Å². The zero-order chi connectivity index (χ0) is 15.5. The molecule has 0 amide bonds. The van der Waals surface area contributed by atoms with Crippen LogP contribution in [-0.2, 0) is 16.6 Å². The van der Waals surface area contributed by atoms with Crippen molar-refractivity contribution in [3.05, 3.63) is 42.0 Å². The number of nitriles is 1. The molecule has 9 heteroatoms. The summed E-state index contributed by atoms with van der Waals surface area (Å²) in [5, 5.41) is 12.8. The zero-order valence-corrected chi connectivity index (χ0v) is 11.6. The first kappa shape index (κ1) is 15.0. The van der Waals surface area contributed by atoms with E-state index < -0.39 is 21.4 Å². The van der Waals surface area contributed by atoms with Gasteiger partial charge in [0.2, 0.25) is 10.0 Å². The third kappa shape index (κ3) is 3.36. The predicted molar refractivity (Wildman–Crippen MR) is 72.9 cm³/mol. The van der Waals surface area contributed by atoms with Crippen LogP contribution in [0.1, 0.15) is 5.56 Å². The van der Waals surface area contributed by atoms with Crippen LogP contribution >= 0.6 is 0 Å². The van der Waals surface area contributed by atoms with Gasteiger partial charge in [0.25, 0.3) is 0 Å². The number of nitrogens with one attached hydrogen (secondary N) is 1.